The molecule has 118 valence electrons. The lowest BCUT2D eigenvalue weighted by Crippen LogP contribution is -2.28. The van der Waals surface area contributed by atoms with E-state index in [2.05, 4.69) is 4.98 Å². The van der Waals surface area contributed by atoms with Gasteiger partial charge >= 0.3 is 5.97 Å². The van der Waals surface area contributed by atoms with Crippen LogP contribution in [0.2, 0.25) is 0 Å². The van der Waals surface area contributed by atoms with E-state index in [1.165, 1.54) is 15.9 Å². The molecular weight excluding hydrogens is 312 g/mol. The summed E-state index contributed by atoms with van der Waals surface area (Å²) in [6, 6.07) is 7.90. The predicted molar refractivity (Wildman–Crippen MR) is 91.1 cm³/mol. The summed E-state index contributed by atoms with van der Waals surface area (Å²) in [5.74, 6) is -0.544. The zero-order valence-electron chi connectivity index (χ0n) is 12.9. The lowest BCUT2D eigenvalue weighted by atomic mass is 10.0. The van der Waals surface area contributed by atoms with Crippen molar-refractivity contribution in [1.82, 2.24) is 9.55 Å². The zero-order valence-corrected chi connectivity index (χ0v) is 13.7. The fourth-order valence-corrected chi connectivity index (χ4v) is 3.54. The molecule has 3 aromatic rings. The second-order valence-corrected chi connectivity index (χ2v) is 6.22. The number of carbonyl (C=O) groups is 1. The van der Waals surface area contributed by atoms with E-state index >= 15 is 0 Å². The van der Waals surface area contributed by atoms with E-state index in [0.29, 0.717) is 22.5 Å². The molecule has 0 fully saturated rings. The minimum atomic E-state index is -1.05. The lowest BCUT2D eigenvalue weighted by Gasteiger charge is -2.09. The van der Waals surface area contributed by atoms with Crippen molar-refractivity contribution in [3.63, 3.8) is 0 Å². The maximum atomic E-state index is 12.8. The van der Waals surface area contributed by atoms with Gasteiger partial charge in [0.1, 0.15) is 17.2 Å². The average molecular weight is 328 g/mol. The van der Waals surface area contributed by atoms with Crippen molar-refractivity contribution < 1.29 is 9.90 Å². The molecule has 2 aromatic heterocycles. The number of thiophene rings is 1. The van der Waals surface area contributed by atoms with Gasteiger partial charge in [-0.05, 0) is 12.5 Å². The third-order valence-corrected chi connectivity index (χ3v) is 4.62. The average Bonchev–Trinajstić information content (AvgIpc) is 2.94. The first-order valence-electron chi connectivity index (χ1n) is 7.31. The number of aryl methyl sites for hydroxylation is 2. The van der Waals surface area contributed by atoms with Crippen LogP contribution in [0.3, 0.4) is 0 Å². The number of benzene rings is 1. The summed E-state index contributed by atoms with van der Waals surface area (Å²) < 4.78 is 1.26. The van der Waals surface area contributed by atoms with Crippen LogP contribution in [0.25, 0.3) is 21.3 Å². The molecule has 3 rings (SSSR count). The van der Waals surface area contributed by atoms with Crippen molar-refractivity contribution in [2.45, 2.75) is 26.8 Å². The van der Waals surface area contributed by atoms with Gasteiger partial charge in [0.2, 0.25) is 0 Å². The van der Waals surface area contributed by atoms with Gasteiger partial charge in [-0.3, -0.25) is 14.2 Å². The number of hydrogen-bond donors (Lipinski definition) is 1. The van der Waals surface area contributed by atoms with Crippen LogP contribution in [-0.4, -0.2) is 20.6 Å². The minimum Gasteiger partial charge on any atom is -0.480 e. The Kier molecular flexibility index (Phi) is 4.00. The van der Waals surface area contributed by atoms with Crippen molar-refractivity contribution >= 4 is 27.5 Å². The molecule has 0 aliphatic rings. The van der Waals surface area contributed by atoms with Crippen LogP contribution < -0.4 is 5.56 Å². The first kappa shape index (κ1) is 15.4. The van der Waals surface area contributed by atoms with Gasteiger partial charge in [-0.1, -0.05) is 36.8 Å². The number of carboxylic acids is 1. The van der Waals surface area contributed by atoms with Crippen molar-refractivity contribution in [1.29, 1.82) is 0 Å². The molecule has 2 heterocycles. The maximum Gasteiger partial charge on any atom is 0.323 e. The number of fused-ring (bicyclic) bond motifs is 1. The molecule has 6 heteroatoms. The molecule has 0 atom stereocenters. The quantitative estimate of drug-likeness (QED) is 0.799. The minimum absolute atomic E-state index is 0.286. The molecule has 0 unspecified atom stereocenters. The number of aliphatic carboxylic acids is 1. The molecule has 5 nitrogen and oxygen atoms in total. The van der Waals surface area contributed by atoms with E-state index in [9.17, 15) is 9.59 Å². The van der Waals surface area contributed by atoms with Crippen LogP contribution in [0.15, 0.2) is 34.4 Å². The SMILES string of the molecule is CCc1nc2scc(-c3ccc(C)cc3)c2c(=O)n1CC(=O)O. The highest BCUT2D eigenvalue weighted by Crippen LogP contribution is 2.31. The van der Waals surface area contributed by atoms with Gasteiger partial charge in [0.15, 0.2) is 0 Å². The summed E-state index contributed by atoms with van der Waals surface area (Å²) in [4.78, 5) is 29.0. The van der Waals surface area contributed by atoms with Crippen molar-refractivity contribution in [3.8, 4) is 11.1 Å². The van der Waals surface area contributed by atoms with Gasteiger partial charge in [-0.25, -0.2) is 4.98 Å². The number of aromatic nitrogens is 2. The van der Waals surface area contributed by atoms with Crippen LogP contribution in [0.5, 0.6) is 0 Å². The molecule has 23 heavy (non-hydrogen) atoms. The standard InChI is InChI=1S/C17H16N2O3S/c1-3-13-18-16-15(17(22)19(13)8-14(20)21)12(9-23-16)11-6-4-10(2)5-7-11/h4-7,9H,3,8H2,1-2H3,(H,20,21). The van der Waals surface area contributed by atoms with Crippen LogP contribution in [0.1, 0.15) is 18.3 Å². The van der Waals surface area contributed by atoms with E-state index in [0.717, 1.165) is 16.7 Å². The first-order chi connectivity index (χ1) is 11.0. The highest BCUT2D eigenvalue weighted by molar-refractivity contribution is 7.17. The van der Waals surface area contributed by atoms with E-state index in [-0.39, 0.29) is 12.1 Å². The van der Waals surface area contributed by atoms with E-state index in [4.69, 9.17) is 5.11 Å². The molecule has 0 aliphatic carbocycles. The van der Waals surface area contributed by atoms with E-state index in [1.54, 1.807) is 0 Å². The van der Waals surface area contributed by atoms with Gasteiger partial charge in [-0.15, -0.1) is 11.3 Å². The third kappa shape index (κ3) is 2.77. The number of rotatable bonds is 4. The summed E-state index contributed by atoms with van der Waals surface area (Å²) in [6.45, 7) is 3.50. The lowest BCUT2D eigenvalue weighted by molar-refractivity contribution is -0.137. The maximum absolute atomic E-state index is 12.8. The van der Waals surface area contributed by atoms with Crippen molar-refractivity contribution in [2.24, 2.45) is 0 Å². The second kappa shape index (κ2) is 5.96. The van der Waals surface area contributed by atoms with E-state index in [1.807, 2.05) is 43.5 Å². The second-order valence-electron chi connectivity index (χ2n) is 5.36. The molecule has 1 N–H and O–H groups in total. The molecule has 0 spiro atoms. The van der Waals surface area contributed by atoms with Crippen molar-refractivity contribution in [2.75, 3.05) is 0 Å². The van der Waals surface area contributed by atoms with Crippen LogP contribution in [0.4, 0.5) is 0 Å². The Bertz CT molecular complexity index is 939. The van der Waals surface area contributed by atoms with Crippen molar-refractivity contribution in [3.05, 3.63) is 51.4 Å². The first-order valence-corrected chi connectivity index (χ1v) is 8.19. The fraction of sp³-hybridized carbons (Fsp3) is 0.235. The third-order valence-electron chi connectivity index (χ3n) is 3.74. The number of hydrogen-bond acceptors (Lipinski definition) is 4. The van der Waals surface area contributed by atoms with Crippen LogP contribution in [0, 0.1) is 6.92 Å². The number of nitrogens with zero attached hydrogens (tertiary/aromatic N) is 2. The molecule has 0 saturated heterocycles. The van der Waals surface area contributed by atoms with E-state index < -0.39 is 5.97 Å². The number of carboxylic acid groups (broad SMARTS) is 1. The van der Waals surface area contributed by atoms with Gasteiger partial charge < -0.3 is 5.11 Å². The highest BCUT2D eigenvalue weighted by atomic mass is 32.1. The Morgan fingerprint density at radius 2 is 2.00 bits per heavy atom. The summed E-state index contributed by atoms with van der Waals surface area (Å²) in [7, 11) is 0. The predicted octanol–water partition coefficient (Wildman–Crippen LogP) is 3.08. The van der Waals surface area contributed by atoms with Gasteiger partial charge in [0.05, 0.1) is 5.39 Å². The van der Waals surface area contributed by atoms with Crippen LogP contribution in [-0.2, 0) is 17.8 Å². The Labute approximate surface area is 136 Å². The van der Waals surface area contributed by atoms with Crippen LogP contribution >= 0.6 is 11.3 Å². The summed E-state index contributed by atoms with van der Waals surface area (Å²) in [5.41, 5.74) is 2.60. The zero-order chi connectivity index (χ0) is 16.6. The molecular formula is C17H16N2O3S. The molecule has 0 bridgehead atoms. The Morgan fingerprint density at radius 1 is 1.30 bits per heavy atom. The molecule has 0 aliphatic heterocycles. The summed E-state index contributed by atoms with van der Waals surface area (Å²) >= 11 is 1.41. The largest absolute Gasteiger partial charge is 0.480 e. The molecule has 0 radical (unpaired) electrons. The van der Waals surface area contributed by atoms with Gasteiger partial charge in [-0.2, -0.15) is 0 Å². The topological polar surface area (TPSA) is 72.2 Å². The highest BCUT2D eigenvalue weighted by Gasteiger charge is 2.17. The molecule has 0 saturated carbocycles. The molecule has 0 amide bonds. The fourth-order valence-electron chi connectivity index (χ4n) is 2.58. The van der Waals surface area contributed by atoms with Gasteiger partial charge in [0, 0.05) is 17.4 Å². The summed E-state index contributed by atoms with van der Waals surface area (Å²) in [6.07, 6.45) is 0.510. The smallest absolute Gasteiger partial charge is 0.323 e. The Hall–Kier alpha value is -2.47. The monoisotopic (exact) mass is 328 g/mol. The molecule has 1 aromatic carbocycles. The van der Waals surface area contributed by atoms with Gasteiger partial charge in [0.25, 0.3) is 5.56 Å². The Morgan fingerprint density at radius 3 is 2.61 bits per heavy atom. The normalized spacial score (nSPS) is 11.0. The summed E-state index contributed by atoms with van der Waals surface area (Å²) in [5, 5.41) is 11.5. The Balaban J connectivity index is 2.28.